The number of carbonyl (C=O) groups is 2. The van der Waals surface area contributed by atoms with Gasteiger partial charge in [-0.3, -0.25) is 14.3 Å². The summed E-state index contributed by atoms with van der Waals surface area (Å²) in [5, 5.41) is 9.20. The summed E-state index contributed by atoms with van der Waals surface area (Å²) in [6, 6.07) is 0. The van der Waals surface area contributed by atoms with Crippen molar-refractivity contribution in [2.75, 3.05) is 12.4 Å². The highest BCUT2D eigenvalue weighted by molar-refractivity contribution is 5.98. The Morgan fingerprint density at radius 3 is 2.83 bits per heavy atom. The minimum atomic E-state index is -0.733. The number of rotatable bonds is 4. The van der Waals surface area contributed by atoms with Gasteiger partial charge in [0.1, 0.15) is 6.54 Å². The molecular weight excluding hydrogens is 234 g/mol. The van der Waals surface area contributed by atoms with Gasteiger partial charge in [-0.15, -0.1) is 0 Å². The van der Waals surface area contributed by atoms with Crippen LogP contribution in [-0.2, 0) is 16.1 Å². The third kappa shape index (κ3) is 2.51. The van der Waals surface area contributed by atoms with Gasteiger partial charge in [-0.2, -0.15) is 5.10 Å². The van der Waals surface area contributed by atoms with Crippen LogP contribution in [0.2, 0.25) is 0 Å². The van der Waals surface area contributed by atoms with Crippen LogP contribution in [0.3, 0.4) is 0 Å². The summed E-state index contributed by atoms with van der Waals surface area (Å²) >= 11 is 0. The van der Waals surface area contributed by atoms with Gasteiger partial charge in [0.05, 0.1) is 17.4 Å². The van der Waals surface area contributed by atoms with Crippen LogP contribution < -0.4 is 16.4 Å². The van der Waals surface area contributed by atoms with E-state index in [9.17, 15) is 9.59 Å². The maximum atomic E-state index is 11.9. The topological polar surface area (TPSA) is 102 Å². The number of nitrogens with one attached hydrogen (secondary N) is 2. The van der Waals surface area contributed by atoms with Gasteiger partial charge in [-0.05, 0) is 19.3 Å². The number of nitrogens with zero attached hydrogens (tertiary/aromatic N) is 2. The average molecular weight is 251 g/mol. The Morgan fingerprint density at radius 2 is 2.28 bits per heavy atom. The molecule has 7 nitrogen and oxygen atoms in total. The van der Waals surface area contributed by atoms with Gasteiger partial charge in [-0.25, -0.2) is 0 Å². The number of amides is 2. The number of nitrogens with two attached hydrogens (primary N) is 1. The number of aromatic nitrogens is 2. The minimum absolute atomic E-state index is 0.125. The zero-order chi connectivity index (χ0) is 13.2. The molecule has 2 rings (SSSR count). The summed E-state index contributed by atoms with van der Waals surface area (Å²) in [7, 11) is 1.56. The van der Waals surface area contributed by atoms with E-state index in [-0.39, 0.29) is 18.4 Å². The molecule has 0 spiro atoms. The van der Waals surface area contributed by atoms with Crippen molar-refractivity contribution in [3.63, 3.8) is 0 Å². The van der Waals surface area contributed by atoms with E-state index in [4.69, 9.17) is 5.73 Å². The highest BCUT2D eigenvalue weighted by Crippen LogP contribution is 2.30. The van der Waals surface area contributed by atoms with Gasteiger partial charge in [0.15, 0.2) is 0 Å². The Morgan fingerprint density at radius 1 is 1.56 bits per heavy atom. The zero-order valence-electron chi connectivity index (χ0n) is 10.3. The van der Waals surface area contributed by atoms with Crippen molar-refractivity contribution in [2.45, 2.75) is 31.3 Å². The van der Waals surface area contributed by atoms with Crippen LogP contribution in [0.4, 0.5) is 5.69 Å². The fourth-order valence-corrected chi connectivity index (χ4v) is 1.78. The lowest BCUT2D eigenvalue weighted by atomic mass is 9.77. The van der Waals surface area contributed by atoms with Crippen molar-refractivity contribution < 1.29 is 9.59 Å². The highest BCUT2D eigenvalue weighted by Gasteiger charge is 2.40. The van der Waals surface area contributed by atoms with E-state index >= 15 is 0 Å². The van der Waals surface area contributed by atoms with Crippen LogP contribution in [-0.4, -0.2) is 34.2 Å². The second-order valence-corrected chi connectivity index (χ2v) is 4.56. The summed E-state index contributed by atoms with van der Waals surface area (Å²) in [4.78, 5) is 23.0. The standard InChI is InChI=1S/C11H17N5O2/c1-13-9(17)7-16-6-8(5-14-16)15-10(18)11(12)3-2-4-11/h5-6H,2-4,7,12H2,1H3,(H,13,17)(H,15,18). The normalized spacial score (nSPS) is 16.8. The SMILES string of the molecule is CNC(=O)Cn1cc(NC(=O)C2(N)CCC2)cn1. The summed E-state index contributed by atoms with van der Waals surface area (Å²) in [6.45, 7) is 0.125. The van der Waals surface area contributed by atoms with Crippen LogP contribution in [0.25, 0.3) is 0 Å². The number of anilines is 1. The molecule has 0 aromatic carbocycles. The highest BCUT2D eigenvalue weighted by atomic mass is 16.2. The average Bonchev–Trinajstić information content (AvgIpc) is 2.73. The number of likely N-dealkylation sites (N-methyl/N-ethyl adjacent to an activating group) is 1. The second kappa shape index (κ2) is 4.77. The third-order valence-electron chi connectivity index (χ3n) is 3.17. The van der Waals surface area contributed by atoms with Crippen LogP contribution in [0, 0.1) is 0 Å². The largest absolute Gasteiger partial charge is 0.358 e. The first-order chi connectivity index (χ1) is 8.53. The first kappa shape index (κ1) is 12.6. The van der Waals surface area contributed by atoms with Crippen molar-refractivity contribution >= 4 is 17.5 Å². The summed E-state index contributed by atoms with van der Waals surface area (Å²) in [5.74, 6) is -0.335. The predicted octanol–water partition coefficient (Wildman–Crippen LogP) is -0.551. The molecule has 0 saturated heterocycles. The predicted molar refractivity (Wildman–Crippen MR) is 65.7 cm³/mol. The summed E-state index contributed by atoms with van der Waals surface area (Å²) in [5.41, 5.74) is 5.72. The van der Waals surface area contributed by atoms with Crippen molar-refractivity contribution in [3.05, 3.63) is 12.4 Å². The van der Waals surface area contributed by atoms with Gasteiger partial charge in [0, 0.05) is 13.2 Å². The molecule has 7 heteroatoms. The molecule has 1 aliphatic rings. The lowest BCUT2D eigenvalue weighted by Crippen LogP contribution is -2.56. The molecule has 0 unspecified atom stereocenters. The molecule has 2 amide bonds. The van der Waals surface area contributed by atoms with Crippen LogP contribution in [0.1, 0.15) is 19.3 Å². The Balaban J connectivity index is 1.94. The van der Waals surface area contributed by atoms with E-state index in [1.165, 1.54) is 10.9 Å². The van der Waals surface area contributed by atoms with Crippen molar-refractivity contribution in [1.82, 2.24) is 15.1 Å². The van der Waals surface area contributed by atoms with E-state index in [0.717, 1.165) is 6.42 Å². The monoisotopic (exact) mass is 251 g/mol. The third-order valence-corrected chi connectivity index (χ3v) is 3.17. The van der Waals surface area contributed by atoms with Crippen molar-refractivity contribution in [1.29, 1.82) is 0 Å². The van der Waals surface area contributed by atoms with Gasteiger partial charge in [-0.1, -0.05) is 0 Å². The van der Waals surface area contributed by atoms with Gasteiger partial charge in [0.25, 0.3) is 0 Å². The van der Waals surface area contributed by atoms with Gasteiger partial charge < -0.3 is 16.4 Å². The molecule has 1 aliphatic carbocycles. The molecule has 1 aromatic heterocycles. The molecule has 0 bridgehead atoms. The first-order valence-electron chi connectivity index (χ1n) is 5.87. The first-order valence-corrected chi connectivity index (χ1v) is 5.87. The lowest BCUT2D eigenvalue weighted by molar-refractivity contribution is -0.124. The Hall–Kier alpha value is -1.89. The van der Waals surface area contributed by atoms with Gasteiger partial charge >= 0.3 is 0 Å². The number of hydrogen-bond acceptors (Lipinski definition) is 4. The maximum Gasteiger partial charge on any atom is 0.244 e. The number of carbonyl (C=O) groups excluding carboxylic acids is 2. The fraction of sp³-hybridized carbons (Fsp3) is 0.545. The summed E-state index contributed by atoms with van der Waals surface area (Å²) in [6.07, 6.45) is 5.52. The second-order valence-electron chi connectivity index (χ2n) is 4.56. The minimum Gasteiger partial charge on any atom is -0.358 e. The molecule has 1 aromatic rings. The van der Waals surface area contributed by atoms with E-state index in [1.807, 2.05) is 0 Å². The van der Waals surface area contributed by atoms with E-state index in [0.29, 0.717) is 18.5 Å². The van der Waals surface area contributed by atoms with Crippen LogP contribution in [0.15, 0.2) is 12.4 Å². The Labute approximate surface area is 105 Å². The zero-order valence-corrected chi connectivity index (χ0v) is 10.3. The molecular formula is C11H17N5O2. The molecule has 1 fully saturated rings. The van der Waals surface area contributed by atoms with Gasteiger partial charge in [0.2, 0.25) is 11.8 Å². The maximum absolute atomic E-state index is 11.9. The fourth-order valence-electron chi connectivity index (χ4n) is 1.78. The van der Waals surface area contributed by atoms with Crippen molar-refractivity contribution in [3.8, 4) is 0 Å². The molecule has 1 heterocycles. The summed E-state index contributed by atoms with van der Waals surface area (Å²) < 4.78 is 1.46. The number of hydrogen-bond donors (Lipinski definition) is 3. The molecule has 1 saturated carbocycles. The van der Waals surface area contributed by atoms with E-state index in [2.05, 4.69) is 15.7 Å². The molecule has 0 aliphatic heterocycles. The molecule has 0 radical (unpaired) electrons. The smallest absolute Gasteiger partial charge is 0.244 e. The van der Waals surface area contributed by atoms with E-state index < -0.39 is 5.54 Å². The molecule has 98 valence electrons. The lowest BCUT2D eigenvalue weighted by Gasteiger charge is -2.35. The quantitative estimate of drug-likeness (QED) is 0.668. The van der Waals surface area contributed by atoms with Crippen LogP contribution in [0.5, 0.6) is 0 Å². The molecule has 4 N–H and O–H groups in total. The Kier molecular flexibility index (Phi) is 3.33. The molecule has 18 heavy (non-hydrogen) atoms. The Bertz CT molecular complexity index is 464. The molecule has 0 atom stereocenters. The van der Waals surface area contributed by atoms with Crippen LogP contribution >= 0.6 is 0 Å². The van der Waals surface area contributed by atoms with Crippen molar-refractivity contribution in [2.24, 2.45) is 5.73 Å². The van der Waals surface area contributed by atoms with E-state index in [1.54, 1.807) is 13.2 Å².